The first-order valence-electron chi connectivity index (χ1n) is 11.4. The average Bonchev–Trinajstić information content (AvgIpc) is 2.85. The molecule has 0 spiro atoms. The van der Waals surface area contributed by atoms with Crippen molar-refractivity contribution < 1.29 is 28.5 Å². The fourth-order valence-electron chi connectivity index (χ4n) is 3.87. The Morgan fingerprint density at radius 1 is 0.939 bits per heavy atom. The molecule has 0 saturated carbocycles. The Balaban J connectivity index is 1.58. The van der Waals surface area contributed by atoms with Crippen molar-refractivity contribution in [2.75, 3.05) is 20.3 Å². The minimum Gasteiger partial charge on any atom is -0.496 e. The van der Waals surface area contributed by atoms with Gasteiger partial charge in [0.1, 0.15) is 17.2 Å². The molecule has 2 aromatic carbocycles. The first-order valence-corrected chi connectivity index (χ1v) is 12.2. The van der Waals surface area contributed by atoms with Gasteiger partial charge in [0.25, 0.3) is 0 Å². The van der Waals surface area contributed by atoms with Crippen LogP contribution in [-0.4, -0.2) is 38.7 Å². The zero-order valence-electron chi connectivity index (χ0n) is 18.8. The molecule has 2 aromatic rings. The molecule has 0 aliphatic carbocycles. The van der Waals surface area contributed by atoms with Crippen molar-refractivity contribution in [2.24, 2.45) is 0 Å². The van der Waals surface area contributed by atoms with Crippen LogP contribution < -0.4 is 14.2 Å². The van der Waals surface area contributed by atoms with E-state index in [0.29, 0.717) is 36.0 Å². The molecule has 2 aliphatic rings. The summed E-state index contributed by atoms with van der Waals surface area (Å²) < 4.78 is 29.8. The van der Waals surface area contributed by atoms with Crippen molar-refractivity contribution in [3.05, 3.63) is 58.1 Å². The first-order chi connectivity index (χ1) is 16.1. The lowest BCUT2D eigenvalue weighted by atomic mass is 10.1. The maximum Gasteiger partial charge on any atom is 0.199 e. The SMILES string of the molecule is COc1ccc(Br)cc1/C=C/C(=O)c1cc(OC2CCCCO2)ccc1OC1CCCCO1. The van der Waals surface area contributed by atoms with Crippen LogP contribution in [0.4, 0.5) is 0 Å². The van der Waals surface area contributed by atoms with Crippen LogP contribution in [0.25, 0.3) is 6.08 Å². The van der Waals surface area contributed by atoms with Gasteiger partial charge in [-0.25, -0.2) is 0 Å². The van der Waals surface area contributed by atoms with Crippen LogP contribution >= 0.6 is 15.9 Å². The van der Waals surface area contributed by atoms with Crippen molar-refractivity contribution in [3.8, 4) is 17.2 Å². The second kappa shape index (κ2) is 11.7. The van der Waals surface area contributed by atoms with Crippen LogP contribution in [-0.2, 0) is 9.47 Å². The molecule has 2 fully saturated rings. The summed E-state index contributed by atoms with van der Waals surface area (Å²) in [5.41, 5.74) is 1.21. The summed E-state index contributed by atoms with van der Waals surface area (Å²) in [6.45, 7) is 1.35. The monoisotopic (exact) mass is 516 g/mol. The van der Waals surface area contributed by atoms with Crippen molar-refractivity contribution in [3.63, 3.8) is 0 Å². The Hall–Kier alpha value is -2.35. The molecule has 6 nitrogen and oxygen atoms in total. The quantitative estimate of drug-likeness (QED) is 0.309. The molecule has 2 unspecified atom stereocenters. The molecule has 0 bridgehead atoms. The van der Waals surface area contributed by atoms with Crippen LogP contribution in [0.15, 0.2) is 46.9 Å². The van der Waals surface area contributed by atoms with Crippen LogP contribution in [0.3, 0.4) is 0 Å². The molecule has 2 atom stereocenters. The van der Waals surface area contributed by atoms with Gasteiger partial charge in [-0.05, 0) is 74.2 Å². The van der Waals surface area contributed by atoms with Gasteiger partial charge in [0, 0.05) is 22.9 Å². The molecule has 2 heterocycles. The van der Waals surface area contributed by atoms with E-state index in [-0.39, 0.29) is 18.4 Å². The van der Waals surface area contributed by atoms with Crippen LogP contribution in [0.2, 0.25) is 0 Å². The second-order valence-electron chi connectivity index (χ2n) is 8.07. The van der Waals surface area contributed by atoms with Crippen LogP contribution in [0.1, 0.15) is 54.4 Å². The van der Waals surface area contributed by atoms with Gasteiger partial charge in [0.2, 0.25) is 0 Å². The zero-order chi connectivity index (χ0) is 23.0. The lowest BCUT2D eigenvalue weighted by Crippen LogP contribution is -2.26. The fraction of sp³-hybridized carbons (Fsp3) is 0.423. The first kappa shape index (κ1) is 23.8. The minimum atomic E-state index is -0.354. The van der Waals surface area contributed by atoms with E-state index in [0.717, 1.165) is 48.6 Å². The van der Waals surface area contributed by atoms with E-state index < -0.39 is 0 Å². The number of rotatable bonds is 8. The highest BCUT2D eigenvalue weighted by molar-refractivity contribution is 9.10. The third-order valence-corrected chi connectivity index (χ3v) is 6.12. The number of ketones is 1. The minimum absolute atomic E-state index is 0.196. The number of benzene rings is 2. The molecule has 0 radical (unpaired) electrons. The fourth-order valence-corrected chi connectivity index (χ4v) is 4.25. The van der Waals surface area contributed by atoms with Gasteiger partial charge in [-0.15, -0.1) is 0 Å². The van der Waals surface area contributed by atoms with Gasteiger partial charge in [-0.2, -0.15) is 0 Å². The normalized spacial score (nSPS) is 21.0. The van der Waals surface area contributed by atoms with Gasteiger partial charge < -0.3 is 23.7 Å². The largest absolute Gasteiger partial charge is 0.496 e. The zero-order valence-corrected chi connectivity index (χ0v) is 20.3. The summed E-state index contributed by atoms with van der Waals surface area (Å²) >= 11 is 3.46. The van der Waals surface area contributed by atoms with Crippen LogP contribution in [0, 0.1) is 0 Å². The second-order valence-corrected chi connectivity index (χ2v) is 8.99. The highest BCUT2D eigenvalue weighted by Crippen LogP contribution is 2.30. The maximum atomic E-state index is 13.3. The van der Waals surface area contributed by atoms with Gasteiger partial charge in [0.15, 0.2) is 18.4 Å². The van der Waals surface area contributed by atoms with Gasteiger partial charge in [-0.3, -0.25) is 4.79 Å². The van der Waals surface area contributed by atoms with E-state index in [9.17, 15) is 4.79 Å². The number of hydrogen-bond acceptors (Lipinski definition) is 6. The summed E-state index contributed by atoms with van der Waals surface area (Å²) in [7, 11) is 1.60. The molecular weight excluding hydrogens is 488 g/mol. The molecule has 0 aromatic heterocycles. The van der Waals surface area contributed by atoms with E-state index in [4.69, 9.17) is 23.7 Å². The molecule has 33 heavy (non-hydrogen) atoms. The molecule has 0 N–H and O–H groups in total. The topological polar surface area (TPSA) is 63.2 Å². The van der Waals surface area contributed by atoms with Crippen molar-refractivity contribution in [1.82, 2.24) is 0 Å². The maximum absolute atomic E-state index is 13.3. The highest BCUT2D eigenvalue weighted by Gasteiger charge is 2.21. The lowest BCUT2D eigenvalue weighted by Gasteiger charge is -2.25. The highest BCUT2D eigenvalue weighted by atomic mass is 79.9. The van der Waals surface area contributed by atoms with Crippen LogP contribution in [0.5, 0.6) is 17.2 Å². The van der Waals surface area contributed by atoms with E-state index in [1.165, 1.54) is 6.08 Å². The molecule has 0 amide bonds. The standard InChI is InChI=1S/C26H29BrO6/c1-29-23-12-9-19(27)16-18(23)8-11-22(28)21-17-20(32-25-6-2-4-14-30-25)10-13-24(21)33-26-7-3-5-15-31-26/h8-13,16-17,25-26H,2-7,14-15H2,1H3/b11-8+. The Bertz CT molecular complexity index is 977. The molecular formula is C26H29BrO6. The van der Waals surface area contributed by atoms with Crippen molar-refractivity contribution >= 4 is 27.8 Å². The predicted molar refractivity (Wildman–Crippen MR) is 129 cm³/mol. The smallest absolute Gasteiger partial charge is 0.199 e. The summed E-state index contributed by atoms with van der Waals surface area (Å²) in [4.78, 5) is 13.3. The Labute approximate surface area is 202 Å². The summed E-state index contributed by atoms with van der Waals surface area (Å²) in [5.74, 6) is 1.55. The molecule has 2 aliphatic heterocycles. The Morgan fingerprint density at radius 2 is 1.64 bits per heavy atom. The molecule has 2 saturated heterocycles. The molecule has 176 valence electrons. The van der Waals surface area contributed by atoms with Crippen molar-refractivity contribution in [1.29, 1.82) is 0 Å². The predicted octanol–water partition coefficient (Wildman–Crippen LogP) is 6.16. The number of hydrogen-bond donors (Lipinski definition) is 0. The Kier molecular flexibility index (Phi) is 8.42. The lowest BCUT2D eigenvalue weighted by molar-refractivity contribution is -0.107. The van der Waals surface area contributed by atoms with Gasteiger partial charge in [-0.1, -0.05) is 15.9 Å². The van der Waals surface area contributed by atoms with E-state index >= 15 is 0 Å². The average molecular weight is 517 g/mol. The number of carbonyl (C=O) groups excluding carboxylic acids is 1. The van der Waals surface area contributed by atoms with E-state index in [1.54, 1.807) is 25.3 Å². The number of methoxy groups -OCH3 is 1. The number of halogens is 1. The third-order valence-electron chi connectivity index (χ3n) is 5.62. The third kappa shape index (κ3) is 6.59. The summed E-state index contributed by atoms with van der Waals surface area (Å²) in [6, 6.07) is 11.0. The van der Waals surface area contributed by atoms with Crippen molar-refractivity contribution in [2.45, 2.75) is 51.1 Å². The van der Waals surface area contributed by atoms with E-state index in [2.05, 4.69) is 15.9 Å². The number of allylic oxidation sites excluding steroid dienone is 1. The van der Waals surface area contributed by atoms with Gasteiger partial charge in [0.05, 0.1) is 25.9 Å². The summed E-state index contributed by atoms with van der Waals surface area (Å²) in [6.07, 6.45) is 8.42. The molecule has 4 rings (SSSR count). The van der Waals surface area contributed by atoms with E-state index in [1.807, 2.05) is 24.3 Å². The summed E-state index contributed by atoms with van der Waals surface area (Å²) in [5, 5.41) is 0. The Morgan fingerprint density at radius 3 is 2.30 bits per heavy atom. The number of ether oxygens (including phenoxy) is 5. The van der Waals surface area contributed by atoms with Gasteiger partial charge >= 0.3 is 0 Å². The number of carbonyl (C=O) groups is 1. The molecule has 7 heteroatoms.